The lowest BCUT2D eigenvalue weighted by Gasteiger charge is -2.05. The van der Waals surface area contributed by atoms with Crippen LogP contribution in [0, 0.1) is 0 Å². The molecule has 0 saturated carbocycles. The van der Waals surface area contributed by atoms with Crippen molar-refractivity contribution in [3.63, 3.8) is 0 Å². The Labute approximate surface area is 107 Å². The van der Waals surface area contributed by atoms with Gasteiger partial charge >= 0.3 is 0 Å². The molecule has 18 heavy (non-hydrogen) atoms. The van der Waals surface area contributed by atoms with Crippen molar-refractivity contribution in [2.45, 2.75) is 26.2 Å². The maximum atomic E-state index is 11.9. The summed E-state index contributed by atoms with van der Waals surface area (Å²) >= 11 is 0. The number of fused-ring (bicyclic) bond motifs is 1. The number of nitrogens with one attached hydrogen (secondary N) is 1. The lowest BCUT2D eigenvalue weighted by molar-refractivity contribution is 0.0948. The number of nitrogens with zero attached hydrogens (tertiary/aromatic N) is 1. The monoisotopic (exact) mass is 242 g/mol. The van der Waals surface area contributed by atoms with E-state index in [9.17, 15) is 4.79 Å². The van der Waals surface area contributed by atoms with E-state index in [2.05, 4.69) is 17.2 Å². The van der Waals surface area contributed by atoms with Gasteiger partial charge in [0.1, 0.15) is 5.69 Å². The van der Waals surface area contributed by atoms with Crippen molar-refractivity contribution < 1.29 is 4.79 Å². The normalized spacial score (nSPS) is 10.5. The van der Waals surface area contributed by atoms with Crippen molar-refractivity contribution in [2.75, 3.05) is 6.54 Å². The van der Waals surface area contributed by atoms with E-state index >= 15 is 0 Å². The Morgan fingerprint density at radius 1 is 1.17 bits per heavy atom. The highest BCUT2D eigenvalue weighted by Crippen LogP contribution is 2.11. The molecular formula is C15H18N2O. The van der Waals surface area contributed by atoms with E-state index in [0.29, 0.717) is 5.69 Å². The Morgan fingerprint density at radius 2 is 2.00 bits per heavy atom. The molecule has 3 heteroatoms. The van der Waals surface area contributed by atoms with E-state index in [-0.39, 0.29) is 5.91 Å². The van der Waals surface area contributed by atoms with Crippen LogP contribution in [0.4, 0.5) is 0 Å². The van der Waals surface area contributed by atoms with Crippen molar-refractivity contribution in [2.24, 2.45) is 0 Å². The lowest BCUT2D eigenvalue weighted by atomic mass is 10.2. The summed E-state index contributed by atoms with van der Waals surface area (Å²) in [6.07, 6.45) is 3.32. The molecule has 1 amide bonds. The summed E-state index contributed by atoms with van der Waals surface area (Å²) in [7, 11) is 0. The largest absolute Gasteiger partial charge is 0.351 e. The minimum atomic E-state index is -0.0862. The van der Waals surface area contributed by atoms with Gasteiger partial charge in [-0.15, -0.1) is 0 Å². The molecule has 3 nitrogen and oxygen atoms in total. The first kappa shape index (κ1) is 12.6. The van der Waals surface area contributed by atoms with E-state index in [1.54, 1.807) is 6.07 Å². The van der Waals surface area contributed by atoms with Gasteiger partial charge in [0, 0.05) is 11.9 Å². The second-order valence-electron chi connectivity index (χ2n) is 4.35. The summed E-state index contributed by atoms with van der Waals surface area (Å²) in [5, 5.41) is 3.95. The minimum absolute atomic E-state index is 0.0862. The molecule has 0 aliphatic heterocycles. The van der Waals surface area contributed by atoms with Crippen LogP contribution in [0.25, 0.3) is 10.9 Å². The average Bonchev–Trinajstić information content (AvgIpc) is 2.43. The maximum Gasteiger partial charge on any atom is 0.269 e. The summed E-state index contributed by atoms with van der Waals surface area (Å²) < 4.78 is 0. The number of aromatic nitrogens is 1. The van der Waals surface area contributed by atoms with Crippen LogP contribution in [0.15, 0.2) is 36.4 Å². The first-order valence-corrected chi connectivity index (χ1v) is 6.45. The zero-order chi connectivity index (χ0) is 12.8. The number of para-hydroxylation sites is 1. The number of rotatable bonds is 5. The van der Waals surface area contributed by atoms with Crippen LogP contribution < -0.4 is 5.32 Å². The third-order valence-corrected chi connectivity index (χ3v) is 2.90. The SMILES string of the molecule is CCCCCNC(=O)c1ccc2ccccc2n1. The Hall–Kier alpha value is -1.90. The molecule has 0 saturated heterocycles. The highest BCUT2D eigenvalue weighted by molar-refractivity contribution is 5.94. The summed E-state index contributed by atoms with van der Waals surface area (Å²) in [4.78, 5) is 16.2. The van der Waals surface area contributed by atoms with Gasteiger partial charge in [-0.05, 0) is 18.6 Å². The molecular weight excluding hydrogens is 224 g/mol. The Morgan fingerprint density at radius 3 is 2.83 bits per heavy atom. The molecule has 0 unspecified atom stereocenters. The molecule has 0 fully saturated rings. The van der Waals surface area contributed by atoms with Gasteiger partial charge in [0.15, 0.2) is 0 Å². The van der Waals surface area contributed by atoms with Gasteiger partial charge in [0.2, 0.25) is 0 Å². The van der Waals surface area contributed by atoms with Crippen molar-refractivity contribution >= 4 is 16.8 Å². The molecule has 2 aromatic rings. The second kappa shape index (κ2) is 6.15. The smallest absolute Gasteiger partial charge is 0.269 e. The fraction of sp³-hybridized carbons (Fsp3) is 0.333. The Balaban J connectivity index is 2.04. The molecule has 0 atom stereocenters. The molecule has 1 aromatic carbocycles. The molecule has 0 aliphatic carbocycles. The van der Waals surface area contributed by atoms with E-state index in [4.69, 9.17) is 0 Å². The first-order chi connectivity index (χ1) is 8.81. The number of carbonyl (C=O) groups is 1. The molecule has 0 radical (unpaired) electrons. The second-order valence-corrected chi connectivity index (χ2v) is 4.35. The van der Waals surface area contributed by atoms with Crippen LogP contribution in [0.5, 0.6) is 0 Å². The molecule has 1 N–H and O–H groups in total. The summed E-state index contributed by atoms with van der Waals surface area (Å²) in [6.45, 7) is 2.87. The van der Waals surface area contributed by atoms with E-state index < -0.39 is 0 Å². The quantitative estimate of drug-likeness (QED) is 0.818. The number of unbranched alkanes of at least 4 members (excludes halogenated alkanes) is 2. The topological polar surface area (TPSA) is 42.0 Å². The third-order valence-electron chi connectivity index (χ3n) is 2.90. The molecule has 0 spiro atoms. The fourth-order valence-electron chi connectivity index (χ4n) is 1.86. The number of benzene rings is 1. The molecule has 0 aliphatic rings. The predicted octanol–water partition coefficient (Wildman–Crippen LogP) is 3.15. The number of carbonyl (C=O) groups excluding carboxylic acids is 1. The summed E-state index contributed by atoms with van der Waals surface area (Å²) in [6, 6.07) is 11.5. The molecule has 1 heterocycles. The van der Waals surface area contributed by atoms with Gasteiger partial charge in [-0.25, -0.2) is 4.98 Å². The summed E-state index contributed by atoms with van der Waals surface area (Å²) in [5.41, 5.74) is 1.35. The third kappa shape index (κ3) is 3.06. The van der Waals surface area contributed by atoms with Gasteiger partial charge in [-0.3, -0.25) is 4.79 Å². The van der Waals surface area contributed by atoms with Crippen molar-refractivity contribution in [1.29, 1.82) is 0 Å². The van der Waals surface area contributed by atoms with Crippen LogP contribution in [0.1, 0.15) is 36.7 Å². The van der Waals surface area contributed by atoms with Crippen LogP contribution in [0.2, 0.25) is 0 Å². The zero-order valence-corrected chi connectivity index (χ0v) is 10.6. The highest BCUT2D eigenvalue weighted by atomic mass is 16.1. The number of hydrogen-bond donors (Lipinski definition) is 1. The van der Waals surface area contributed by atoms with E-state index in [1.807, 2.05) is 30.3 Å². The molecule has 94 valence electrons. The van der Waals surface area contributed by atoms with Gasteiger partial charge in [0.25, 0.3) is 5.91 Å². The van der Waals surface area contributed by atoms with Crippen molar-refractivity contribution in [3.05, 3.63) is 42.1 Å². The molecule has 0 bridgehead atoms. The number of hydrogen-bond acceptors (Lipinski definition) is 2. The zero-order valence-electron chi connectivity index (χ0n) is 10.6. The van der Waals surface area contributed by atoms with Crippen LogP contribution in [0.3, 0.4) is 0 Å². The van der Waals surface area contributed by atoms with Gasteiger partial charge in [-0.1, -0.05) is 44.0 Å². The van der Waals surface area contributed by atoms with Crippen LogP contribution >= 0.6 is 0 Å². The molecule has 2 rings (SSSR count). The van der Waals surface area contributed by atoms with Gasteiger partial charge in [0.05, 0.1) is 5.52 Å². The lowest BCUT2D eigenvalue weighted by Crippen LogP contribution is -2.25. The number of pyridine rings is 1. The standard InChI is InChI=1S/C15H18N2O/c1-2-3-6-11-16-15(18)14-10-9-12-7-4-5-8-13(12)17-14/h4-5,7-10H,2-3,6,11H2,1H3,(H,16,18). The maximum absolute atomic E-state index is 11.9. The number of amides is 1. The molecule has 1 aromatic heterocycles. The average molecular weight is 242 g/mol. The Bertz CT molecular complexity index is 537. The van der Waals surface area contributed by atoms with Gasteiger partial charge < -0.3 is 5.32 Å². The van der Waals surface area contributed by atoms with E-state index in [0.717, 1.165) is 36.7 Å². The summed E-state index contributed by atoms with van der Waals surface area (Å²) in [5.74, 6) is -0.0862. The highest BCUT2D eigenvalue weighted by Gasteiger charge is 2.06. The van der Waals surface area contributed by atoms with E-state index in [1.165, 1.54) is 0 Å². The first-order valence-electron chi connectivity index (χ1n) is 6.45. The van der Waals surface area contributed by atoms with Gasteiger partial charge in [-0.2, -0.15) is 0 Å². The van der Waals surface area contributed by atoms with Crippen molar-refractivity contribution in [1.82, 2.24) is 10.3 Å². The minimum Gasteiger partial charge on any atom is -0.351 e. The fourth-order valence-corrected chi connectivity index (χ4v) is 1.86. The Kier molecular flexibility index (Phi) is 4.29. The van der Waals surface area contributed by atoms with Crippen LogP contribution in [-0.4, -0.2) is 17.4 Å². The predicted molar refractivity (Wildman–Crippen MR) is 73.6 cm³/mol. The van der Waals surface area contributed by atoms with Crippen molar-refractivity contribution in [3.8, 4) is 0 Å². The van der Waals surface area contributed by atoms with Crippen LogP contribution in [-0.2, 0) is 0 Å².